The molecule has 0 radical (unpaired) electrons. The van der Waals surface area contributed by atoms with Crippen molar-refractivity contribution in [2.75, 3.05) is 6.54 Å². The molecule has 2 heterocycles. The number of amides is 1. The minimum atomic E-state index is 0.0150. The smallest absolute Gasteiger partial charge is 0.221 e. The highest BCUT2D eigenvalue weighted by Gasteiger charge is 2.09. The Kier molecular flexibility index (Phi) is 5.07. The van der Waals surface area contributed by atoms with E-state index in [4.69, 9.17) is 11.6 Å². The summed E-state index contributed by atoms with van der Waals surface area (Å²) in [4.78, 5) is 16.5. The first-order valence-electron chi connectivity index (χ1n) is 9.00. The summed E-state index contributed by atoms with van der Waals surface area (Å²) >= 11 is 6.15. The van der Waals surface area contributed by atoms with Crippen molar-refractivity contribution in [1.29, 1.82) is 0 Å². The molecular formula is C20H20ClN5O. The molecule has 0 aliphatic carbocycles. The number of para-hydroxylation sites is 3. The number of hydrogen-bond acceptors (Lipinski definition) is 3. The van der Waals surface area contributed by atoms with Gasteiger partial charge in [-0.25, -0.2) is 4.98 Å². The maximum atomic E-state index is 12.1. The number of rotatable bonds is 7. The number of fused-ring (bicyclic) bond motifs is 2. The topological polar surface area (TPSA) is 64.7 Å². The number of hydrogen-bond donors (Lipinski definition) is 1. The molecule has 0 atom stereocenters. The van der Waals surface area contributed by atoms with Crippen molar-refractivity contribution in [3.05, 3.63) is 60.0 Å². The molecule has 4 rings (SSSR count). The Balaban J connectivity index is 1.25. The molecule has 4 aromatic rings. The zero-order chi connectivity index (χ0) is 18.6. The van der Waals surface area contributed by atoms with Crippen LogP contribution in [0.1, 0.15) is 12.8 Å². The molecule has 6 nitrogen and oxygen atoms in total. The van der Waals surface area contributed by atoms with E-state index in [9.17, 15) is 4.79 Å². The van der Waals surface area contributed by atoms with Crippen LogP contribution in [0.3, 0.4) is 0 Å². The molecule has 0 aliphatic rings. The number of carbonyl (C=O) groups is 1. The van der Waals surface area contributed by atoms with Gasteiger partial charge in [-0.1, -0.05) is 35.9 Å². The van der Waals surface area contributed by atoms with Crippen LogP contribution in [0.25, 0.3) is 21.9 Å². The van der Waals surface area contributed by atoms with Crippen LogP contribution in [0.15, 0.2) is 54.9 Å². The molecule has 0 aliphatic heterocycles. The molecule has 138 valence electrons. The van der Waals surface area contributed by atoms with Gasteiger partial charge in [-0.3, -0.25) is 9.48 Å². The Labute approximate surface area is 161 Å². The predicted molar refractivity (Wildman–Crippen MR) is 107 cm³/mol. The third kappa shape index (κ3) is 3.80. The fourth-order valence-corrected chi connectivity index (χ4v) is 3.47. The highest BCUT2D eigenvalue weighted by Crippen LogP contribution is 2.22. The summed E-state index contributed by atoms with van der Waals surface area (Å²) in [6.07, 6.45) is 3.07. The average molecular weight is 382 g/mol. The molecular weight excluding hydrogens is 362 g/mol. The summed E-state index contributed by atoms with van der Waals surface area (Å²) in [5.41, 5.74) is 3.06. The zero-order valence-electron chi connectivity index (χ0n) is 14.8. The molecule has 0 unspecified atom stereocenters. The Hall–Kier alpha value is -2.86. The second kappa shape index (κ2) is 7.80. The maximum Gasteiger partial charge on any atom is 0.221 e. The van der Waals surface area contributed by atoms with Gasteiger partial charge in [0.25, 0.3) is 0 Å². The van der Waals surface area contributed by atoms with E-state index in [2.05, 4.69) is 26.0 Å². The van der Waals surface area contributed by atoms with E-state index in [-0.39, 0.29) is 5.91 Å². The van der Waals surface area contributed by atoms with Crippen LogP contribution in [0.2, 0.25) is 5.15 Å². The normalized spacial score (nSPS) is 11.3. The molecule has 2 aromatic heterocycles. The van der Waals surface area contributed by atoms with Crippen LogP contribution in [0, 0.1) is 0 Å². The lowest BCUT2D eigenvalue weighted by molar-refractivity contribution is -0.121. The van der Waals surface area contributed by atoms with E-state index in [1.807, 2.05) is 48.8 Å². The van der Waals surface area contributed by atoms with Crippen molar-refractivity contribution in [1.82, 2.24) is 24.6 Å². The van der Waals surface area contributed by atoms with Gasteiger partial charge in [0.2, 0.25) is 5.91 Å². The van der Waals surface area contributed by atoms with Gasteiger partial charge in [-0.05, 0) is 30.7 Å². The Morgan fingerprint density at radius 3 is 2.70 bits per heavy atom. The van der Waals surface area contributed by atoms with Gasteiger partial charge in [0.15, 0.2) is 5.15 Å². The van der Waals surface area contributed by atoms with Crippen molar-refractivity contribution in [2.45, 2.75) is 25.9 Å². The fourth-order valence-electron chi connectivity index (χ4n) is 3.22. The maximum absolute atomic E-state index is 12.1. The van der Waals surface area contributed by atoms with Gasteiger partial charge in [0.1, 0.15) is 0 Å². The van der Waals surface area contributed by atoms with Crippen LogP contribution < -0.4 is 5.32 Å². The molecule has 7 heteroatoms. The summed E-state index contributed by atoms with van der Waals surface area (Å²) in [5.74, 6) is 0.0150. The molecule has 1 N–H and O–H groups in total. The second-order valence-corrected chi connectivity index (χ2v) is 6.77. The van der Waals surface area contributed by atoms with Crippen LogP contribution >= 0.6 is 11.6 Å². The number of halogens is 1. The van der Waals surface area contributed by atoms with Gasteiger partial charge in [0.05, 0.1) is 29.4 Å². The number of imidazole rings is 1. The van der Waals surface area contributed by atoms with Crippen LogP contribution in [-0.4, -0.2) is 31.8 Å². The van der Waals surface area contributed by atoms with Crippen molar-refractivity contribution in [2.24, 2.45) is 0 Å². The zero-order valence-corrected chi connectivity index (χ0v) is 15.6. The van der Waals surface area contributed by atoms with Gasteiger partial charge in [0, 0.05) is 24.9 Å². The number of nitrogens with one attached hydrogen (secondary N) is 1. The first-order valence-corrected chi connectivity index (χ1v) is 9.38. The van der Waals surface area contributed by atoms with E-state index >= 15 is 0 Å². The number of carbonyl (C=O) groups excluding carboxylic acids is 1. The van der Waals surface area contributed by atoms with Gasteiger partial charge in [-0.15, -0.1) is 0 Å². The van der Waals surface area contributed by atoms with E-state index in [1.165, 1.54) is 0 Å². The number of nitrogens with zero attached hydrogens (tertiary/aromatic N) is 4. The SMILES string of the molecule is O=C(CCn1nc(Cl)c2ccccc21)NCCCn1cnc2ccccc21. The highest BCUT2D eigenvalue weighted by molar-refractivity contribution is 6.34. The number of aromatic nitrogens is 4. The minimum absolute atomic E-state index is 0.0150. The van der Waals surface area contributed by atoms with Gasteiger partial charge in [-0.2, -0.15) is 5.10 Å². The quantitative estimate of drug-likeness (QED) is 0.497. The largest absolute Gasteiger partial charge is 0.356 e. The molecule has 2 aromatic carbocycles. The first kappa shape index (κ1) is 17.5. The summed E-state index contributed by atoms with van der Waals surface area (Å²) in [6, 6.07) is 15.8. The minimum Gasteiger partial charge on any atom is -0.356 e. The average Bonchev–Trinajstić information content (AvgIpc) is 3.25. The Morgan fingerprint density at radius 1 is 1.04 bits per heavy atom. The van der Waals surface area contributed by atoms with Crippen LogP contribution in [0.4, 0.5) is 0 Å². The lowest BCUT2D eigenvalue weighted by Gasteiger charge is -2.07. The molecule has 27 heavy (non-hydrogen) atoms. The van der Waals surface area contributed by atoms with E-state index in [0.717, 1.165) is 34.9 Å². The van der Waals surface area contributed by atoms with Gasteiger partial charge < -0.3 is 9.88 Å². The summed E-state index contributed by atoms with van der Waals surface area (Å²) < 4.78 is 3.90. The third-order valence-electron chi connectivity index (χ3n) is 4.59. The van der Waals surface area contributed by atoms with Crippen LogP contribution in [0.5, 0.6) is 0 Å². The fraction of sp³-hybridized carbons (Fsp3) is 0.250. The number of aryl methyl sites for hydroxylation is 2. The molecule has 0 saturated carbocycles. The third-order valence-corrected chi connectivity index (χ3v) is 4.87. The number of benzene rings is 2. The standard InChI is InChI=1S/C20H20ClN5O/c21-20-15-6-1-3-8-17(15)26(24-20)13-10-19(27)22-11-5-12-25-14-23-16-7-2-4-9-18(16)25/h1-4,6-9,14H,5,10-13H2,(H,22,27). The predicted octanol–water partition coefficient (Wildman–Crippen LogP) is 3.64. The van der Waals surface area contributed by atoms with Crippen molar-refractivity contribution in [3.63, 3.8) is 0 Å². The molecule has 0 fully saturated rings. The van der Waals surface area contributed by atoms with E-state index in [0.29, 0.717) is 24.7 Å². The van der Waals surface area contributed by atoms with Gasteiger partial charge >= 0.3 is 0 Å². The molecule has 0 saturated heterocycles. The van der Waals surface area contributed by atoms with Crippen molar-refractivity contribution < 1.29 is 4.79 Å². The summed E-state index contributed by atoms with van der Waals surface area (Å²) in [7, 11) is 0. The Morgan fingerprint density at radius 2 is 1.81 bits per heavy atom. The van der Waals surface area contributed by atoms with E-state index in [1.54, 1.807) is 4.68 Å². The van der Waals surface area contributed by atoms with Crippen LogP contribution in [-0.2, 0) is 17.9 Å². The Bertz CT molecular complexity index is 1080. The molecule has 0 spiro atoms. The van der Waals surface area contributed by atoms with Crippen molar-refractivity contribution >= 4 is 39.4 Å². The monoisotopic (exact) mass is 381 g/mol. The van der Waals surface area contributed by atoms with Crippen molar-refractivity contribution in [3.8, 4) is 0 Å². The summed E-state index contributed by atoms with van der Waals surface area (Å²) in [6.45, 7) is 1.96. The second-order valence-electron chi connectivity index (χ2n) is 6.41. The molecule has 1 amide bonds. The lowest BCUT2D eigenvalue weighted by Crippen LogP contribution is -2.26. The highest BCUT2D eigenvalue weighted by atomic mass is 35.5. The first-order chi connectivity index (χ1) is 13.2. The lowest BCUT2D eigenvalue weighted by atomic mass is 10.2. The van der Waals surface area contributed by atoms with E-state index < -0.39 is 0 Å². The molecule has 0 bridgehead atoms. The summed E-state index contributed by atoms with van der Waals surface area (Å²) in [5, 5.41) is 8.66.